The SMILES string of the molecule is Cc1nnc(S[C@H](C(=O)Nc2cc(C(F)(F)F)ccc2Cl)c2ccccc2)n1N. The van der Waals surface area contributed by atoms with E-state index in [4.69, 9.17) is 17.4 Å². The largest absolute Gasteiger partial charge is 0.416 e. The molecule has 29 heavy (non-hydrogen) atoms. The van der Waals surface area contributed by atoms with Gasteiger partial charge in [0.25, 0.3) is 0 Å². The molecule has 0 unspecified atom stereocenters. The van der Waals surface area contributed by atoms with Crippen molar-refractivity contribution >= 4 is 35.0 Å². The van der Waals surface area contributed by atoms with E-state index >= 15 is 0 Å². The molecule has 3 aromatic rings. The highest BCUT2D eigenvalue weighted by molar-refractivity contribution is 8.00. The number of anilines is 1. The van der Waals surface area contributed by atoms with Crippen LogP contribution in [0.25, 0.3) is 0 Å². The molecule has 0 radical (unpaired) electrons. The molecule has 6 nitrogen and oxygen atoms in total. The Kier molecular flexibility index (Phi) is 6.04. The van der Waals surface area contributed by atoms with Crippen molar-refractivity contribution in [2.75, 3.05) is 11.2 Å². The first-order valence-corrected chi connectivity index (χ1v) is 9.49. The van der Waals surface area contributed by atoms with Gasteiger partial charge in [-0.1, -0.05) is 53.7 Å². The smallest absolute Gasteiger partial charge is 0.336 e. The predicted molar refractivity (Wildman–Crippen MR) is 105 cm³/mol. The summed E-state index contributed by atoms with van der Waals surface area (Å²) in [4.78, 5) is 13.0. The van der Waals surface area contributed by atoms with Crippen molar-refractivity contribution in [1.29, 1.82) is 0 Å². The Morgan fingerprint density at radius 2 is 1.90 bits per heavy atom. The summed E-state index contributed by atoms with van der Waals surface area (Å²) in [5.74, 6) is 5.73. The second-order valence-corrected chi connectivity index (χ2v) is 7.47. The highest BCUT2D eigenvalue weighted by Crippen LogP contribution is 2.37. The summed E-state index contributed by atoms with van der Waals surface area (Å²) < 4.78 is 40.2. The van der Waals surface area contributed by atoms with Crippen molar-refractivity contribution in [3.63, 3.8) is 0 Å². The van der Waals surface area contributed by atoms with E-state index in [1.165, 1.54) is 4.68 Å². The van der Waals surface area contributed by atoms with Crippen LogP contribution in [0.15, 0.2) is 53.7 Å². The number of nitrogen functional groups attached to an aromatic ring is 1. The van der Waals surface area contributed by atoms with E-state index in [0.29, 0.717) is 11.4 Å². The van der Waals surface area contributed by atoms with Crippen LogP contribution in [0, 0.1) is 6.92 Å². The first-order valence-electron chi connectivity index (χ1n) is 8.23. The number of nitrogens with zero attached hydrogens (tertiary/aromatic N) is 3. The lowest BCUT2D eigenvalue weighted by atomic mass is 10.1. The van der Waals surface area contributed by atoms with Gasteiger partial charge in [-0.25, -0.2) is 4.68 Å². The molecule has 1 heterocycles. The second-order valence-electron chi connectivity index (χ2n) is 5.99. The van der Waals surface area contributed by atoms with Crippen molar-refractivity contribution in [3.8, 4) is 0 Å². The lowest BCUT2D eigenvalue weighted by molar-refractivity contribution is -0.137. The molecule has 0 aliphatic rings. The van der Waals surface area contributed by atoms with Gasteiger partial charge < -0.3 is 11.2 Å². The Labute approximate surface area is 173 Å². The number of amides is 1. The predicted octanol–water partition coefficient (Wildman–Crippen LogP) is 4.44. The summed E-state index contributed by atoms with van der Waals surface area (Å²) in [7, 11) is 0. The molecule has 0 spiro atoms. The Balaban J connectivity index is 1.92. The third kappa shape index (κ3) is 4.83. The molecule has 1 atom stereocenters. The molecule has 0 aliphatic heterocycles. The number of nitrogens with one attached hydrogen (secondary N) is 1. The molecular weight excluding hydrogens is 427 g/mol. The average Bonchev–Trinajstić information content (AvgIpc) is 2.99. The van der Waals surface area contributed by atoms with E-state index in [-0.39, 0.29) is 15.9 Å². The van der Waals surface area contributed by atoms with E-state index in [1.54, 1.807) is 37.3 Å². The van der Waals surface area contributed by atoms with Crippen LogP contribution in [0.1, 0.15) is 22.2 Å². The number of carbonyl (C=O) groups is 1. The van der Waals surface area contributed by atoms with Crippen LogP contribution < -0.4 is 11.2 Å². The molecule has 0 aliphatic carbocycles. The number of hydrogen-bond donors (Lipinski definition) is 2. The van der Waals surface area contributed by atoms with Gasteiger partial charge in [-0.3, -0.25) is 4.79 Å². The van der Waals surface area contributed by atoms with E-state index in [0.717, 1.165) is 30.0 Å². The number of halogens is 4. The van der Waals surface area contributed by atoms with Gasteiger partial charge in [0.15, 0.2) is 0 Å². The van der Waals surface area contributed by atoms with Crippen LogP contribution in [-0.4, -0.2) is 20.8 Å². The van der Waals surface area contributed by atoms with Crippen LogP contribution in [0.2, 0.25) is 5.02 Å². The minimum Gasteiger partial charge on any atom is -0.336 e. The Bertz CT molecular complexity index is 1030. The Morgan fingerprint density at radius 1 is 1.21 bits per heavy atom. The van der Waals surface area contributed by atoms with E-state index in [2.05, 4.69) is 15.5 Å². The zero-order valence-corrected chi connectivity index (χ0v) is 16.5. The minimum atomic E-state index is -4.56. The number of aryl methyl sites for hydroxylation is 1. The fourth-order valence-corrected chi connectivity index (χ4v) is 3.60. The number of thioether (sulfide) groups is 1. The molecular formula is C18H15ClF3N5OS. The van der Waals surface area contributed by atoms with Crippen LogP contribution in [-0.2, 0) is 11.0 Å². The third-order valence-corrected chi connectivity index (χ3v) is 5.49. The average molecular weight is 442 g/mol. The van der Waals surface area contributed by atoms with Gasteiger partial charge in [-0.2, -0.15) is 13.2 Å². The molecule has 3 rings (SSSR count). The van der Waals surface area contributed by atoms with E-state index < -0.39 is 22.9 Å². The normalized spacial score (nSPS) is 12.6. The van der Waals surface area contributed by atoms with E-state index in [9.17, 15) is 18.0 Å². The second kappa shape index (κ2) is 8.34. The van der Waals surface area contributed by atoms with E-state index in [1.807, 2.05) is 0 Å². The lowest BCUT2D eigenvalue weighted by Gasteiger charge is -2.18. The van der Waals surface area contributed by atoms with Crippen LogP contribution in [0.3, 0.4) is 0 Å². The van der Waals surface area contributed by atoms with Crippen molar-refractivity contribution < 1.29 is 18.0 Å². The molecule has 11 heteroatoms. The van der Waals surface area contributed by atoms with Crippen LogP contribution in [0.5, 0.6) is 0 Å². The Hall–Kier alpha value is -2.72. The van der Waals surface area contributed by atoms with Crippen molar-refractivity contribution in [2.24, 2.45) is 0 Å². The van der Waals surface area contributed by atoms with Crippen LogP contribution >= 0.6 is 23.4 Å². The standard InChI is InChI=1S/C18H15ClF3N5OS/c1-10-25-26-17(27(10)23)29-15(11-5-3-2-4-6-11)16(28)24-14-9-12(18(20,21)22)7-8-13(14)19/h2-9,15H,23H2,1H3,(H,24,28)/t15-/m0/s1. The summed E-state index contributed by atoms with van der Waals surface area (Å²) in [5, 5.41) is 9.67. The number of rotatable bonds is 5. The maximum absolute atomic E-state index is 13.0. The first-order chi connectivity index (χ1) is 13.7. The molecule has 152 valence electrons. The summed E-state index contributed by atoms with van der Waals surface area (Å²) in [6.07, 6.45) is -4.56. The van der Waals surface area contributed by atoms with Crippen LogP contribution in [0.4, 0.5) is 18.9 Å². The zero-order valence-electron chi connectivity index (χ0n) is 14.9. The van der Waals surface area contributed by atoms with Crippen molar-refractivity contribution in [3.05, 3.63) is 70.5 Å². The maximum Gasteiger partial charge on any atom is 0.416 e. The number of nitrogens with two attached hydrogens (primary N) is 1. The van der Waals surface area contributed by atoms with Gasteiger partial charge >= 0.3 is 6.18 Å². The molecule has 0 fully saturated rings. The quantitative estimate of drug-likeness (QED) is 0.451. The highest BCUT2D eigenvalue weighted by Gasteiger charge is 2.32. The Morgan fingerprint density at radius 3 is 2.48 bits per heavy atom. The van der Waals surface area contributed by atoms with Gasteiger partial charge in [0.1, 0.15) is 11.1 Å². The monoisotopic (exact) mass is 441 g/mol. The highest BCUT2D eigenvalue weighted by atomic mass is 35.5. The fraction of sp³-hybridized carbons (Fsp3) is 0.167. The summed E-state index contributed by atoms with van der Waals surface area (Å²) in [6, 6.07) is 11.4. The summed E-state index contributed by atoms with van der Waals surface area (Å²) in [5.41, 5.74) is -0.449. The van der Waals surface area contributed by atoms with Gasteiger partial charge in [-0.05, 0) is 30.7 Å². The summed E-state index contributed by atoms with van der Waals surface area (Å²) >= 11 is 7.01. The zero-order chi connectivity index (χ0) is 21.2. The number of alkyl halides is 3. The van der Waals surface area contributed by atoms with Gasteiger partial charge in [0, 0.05) is 0 Å². The number of aromatic nitrogens is 3. The fourth-order valence-electron chi connectivity index (χ4n) is 2.43. The molecule has 0 saturated heterocycles. The van der Waals surface area contributed by atoms with Crippen molar-refractivity contribution in [2.45, 2.75) is 23.5 Å². The van der Waals surface area contributed by atoms with Crippen molar-refractivity contribution in [1.82, 2.24) is 14.9 Å². The molecule has 1 amide bonds. The lowest BCUT2D eigenvalue weighted by Crippen LogP contribution is -2.21. The minimum absolute atomic E-state index is 0.0130. The molecule has 1 aromatic heterocycles. The molecule has 0 bridgehead atoms. The first kappa shape index (κ1) is 21.0. The topological polar surface area (TPSA) is 85.8 Å². The number of carbonyl (C=O) groups excluding carboxylic acids is 1. The summed E-state index contributed by atoms with van der Waals surface area (Å²) in [6.45, 7) is 1.65. The molecule has 3 N–H and O–H groups in total. The third-order valence-electron chi connectivity index (χ3n) is 3.95. The number of benzene rings is 2. The van der Waals surface area contributed by atoms with Gasteiger partial charge in [0.2, 0.25) is 11.1 Å². The molecule has 0 saturated carbocycles. The van der Waals surface area contributed by atoms with Gasteiger partial charge in [0.05, 0.1) is 16.3 Å². The maximum atomic E-state index is 13.0. The van der Waals surface area contributed by atoms with Gasteiger partial charge in [-0.15, -0.1) is 10.2 Å². The number of hydrogen-bond acceptors (Lipinski definition) is 5. The molecule has 2 aromatic carbocycles.